The SMILES string of the molecule is Cc1c2[nH]c(c1C)-c1[nH]c(c(C)c1C)-c1[nH]c(c(C)c1C)C(=O)C(=O)c1[nH]c(c(C)c1C)-c1[nH]c(c(C)c1C)-c1[nH]c(c(C)c1C)C(=O)C2=O. The van der Waals surface area contributed by atoms with Gasteiger partial charge in [0, 0.05) is 0 Å². The van der Waals surface area contributed by atoms with E-state index in [9.17, 15) is 19.2 Å². The smallest absolute Gasteiger partial charge is 0.251 e. The summed E-state index contributed by atoms with van der Waals surface area (Å²) in [5, 5.41) is 0. The monoisotopic (exact) mass is 670 g/mol. The van der Waals surface area contributed by atoms with Gasteiger partial charge in [-0.3, -0.25) is 19.2 Å². The minimum atomic E-state index is -0.621. The number of fused-ring (bicyclic) bond motifs is 16. The van der Waals surface area contributed by atoms with E-state index in [1.54, 1.807) is 0 Å². The minimum absolute atomic E-state index is 0.243. The van der Waals surface area contributed by atoms with Crippen molar-refractivity contribution in [1.82, 2.24) is 29.9 Å². The number of H-pyrrole nitrogens is 6. The van der Waals surface area contributed by atoms with E-state index in [0.717, 1.165) is 67.3 Å². The Hall–Kier alpha value is -5.64. The molecule has 0 saturated carbocycles. The standard InChI is InChI=1S/C40H42N6O4/c1-13-14(2)26-30-18(6)22(10)34(44-30)38(48)40(50)36-24(12)20(8)32(46-36)28-16(4)15(3)27(42-28)31-19(7)23(11)35(45-31)39(49)37(47)33-21(9)17(5)29(43-33)25(13)41-26/h41-46H,1-12H3. The van der Waals surface area contributed by atoms with Gasteiger partial charge < -0.3 is 29.9 Å². The third-order valence-corrected chi connectivity index (χ3v) is 11.7. The van der Waals surface area contributed by atoms with Gasteiger partial charge in [0.15, 0.2) is 0 Å². The molecular formula is C40H42N6O4. The summed E-state index contributed by atoms with van der Waals surface area (Å²) in [5.74, 6) is -2.48. The Morgan fingerprint density at radius 2 is 0.300 bits per heavy atom. The van der Waals surface area contributed by atoms with E-state index in [1.165, 1.54) is 0 Å². The second-order valence-corrected chi connectivity index (χ2v) is 14.1. The first-order valence-electron chi connectivity index (χ1n) is 16.8. The lowest BCUT2D eigenvalue weighted by Crippen LogP contribution is -2.17. The maximum Gasteiger partial charge on any atom is 0.251 e. The van der Waals surface area contributed by atoms with Crippen molar-refractivity contribution >= 4 is 23.1 Å². The predicted molar refractivity (Wildman–Crippen MR) is 195 cm³/mol. The Morgan fingerprint density at radius 3 is 0.440 bits per heavy atom. The molecule has 0 aliphatic carbocycles. The predicted octanol–water partition coefficient (Wildman–Crippen LogP) is 8.47. The van der Waals surface area contributed by atoms with Crippen molar-refractivity contribution in [2.24, 2.45) is 0 Å². The average molecular weight is 671 g/mol. The summed E-state index contributed by atoms with van der Waals surface area (Å²) < 4.78 is 0. The van der Waals surface area contributed by atoms with Gasteiger partial charge in [-0.15, -0.1) is 0 Å². The summed E-state index contributed by atoms with van der Waals surface area (Å²) in [6.45, 7) is 23.1. The molecule has 12 bridgehead atoms. The molecule has 0 saturated heterocycles. The zero-order chi connectivity index (χ0) is 36.4. The Bertz CT molecular complexity index is 2180. The lowest BCUT2D eigenvalue weighted by Gasteiger charge is -2.02. The maximum absolute atomic E-state index is 14.0. The lowest BCUT2D eigenvalue weighted by atomic mass is 10.0. The molecule has 0 amide bonds. The highest BCUT2D eigenvalue weighted by Crippen LogP contribution is 2.40. The summed E-state index contributed by atoms with van der Waals surface area (Å²) in [4.78, 5) is 76.2. The quantitative estimate of drug-likeness (QED) is 0.0894. The molecule has 0 radical (unpaired) electrons. The fraction of sp³-hybridized carbons (Fsp3) is 0.300. The van der Waals surface area contributed by atoms with Crippen molar-refractivity contribution < 1.29 is 19.2 Å². The van der Waals surface area contributed by atoms with E-state index in [2.05, 4.69) is 29.9 Å². The molecule has 0 unspecified atom stereocenters. The van der Waals surface area contributed by atoms with Crippen LogP contribution in [0.1, 0.15) is 109 Å². The number of rotatable bonds is 0. The van der Waals surface area contributed by atoms with Crippen LogP contribution in [0.3, 0.4) is 0 Å². The van der Waals surface area contributed by atoms with Crippen molar-refractivity contribution in [3.63, 3.8) is 0 Å². The fourth-order valence-corrected chi connectivity index (χ4v) is 7.49. The first-order chi connectivity index (χ1) is 23.5. The van der Waals surface area contributed by atoms with Crippen molar-refractivity contribution in [1.29, 1.82) is 0 Å². The Morgan fingerprint density at radius 1 is 0.200 bits per heavy atom. The molecule has 7 heterocycles. The third-order valence-electron chi connectivity index (χ3n) is 11.7. The van der Waals surface area contributed by atoms with Gasteiger partial charge in [0.2, 0.25) is 0 Å². The summed E-state index contributed by atoms with van der Waals surface area (Å²) in [7, 11) is 0. The molecule has 0 spiro atoms. The molecule has 6 N–H and O–H groups in total. The highest BCUT2D eigenvalue weighted by atomic mass is 16.2. The molecule has 10 nitrogen and oxygen atoms in total. The summed E-state index contributed by atoms with van der Waals surface area (Å²) >= 11 is 0. The van der Waals surface area contributed by atoms with E-state index in [4.69, 9.17) is 0 Å². The van der Waals surface area contributed by atoms with Crippen LogP contribution >= 0.6 is 0 Å². The second kappa shape index (κ2) is 10.9. The van der Waals surface area contributed by atoms with Gasteiger partial charge in [-0.2, -0.15) is 0 Å². The molecule has 0 fully saturated rings. The van der Waals surface area contributed by atoms with Crippen molar-refractivity contribution in [3.05, 3.63) is 89.5 Å². The van der Waals surface area contributed by atoms with Crippen LogP contribution in [0, 0.1) is 83.1 Å². The van der Waals surface area contributed by atoms with Crippen LogP contribution in [-0.2, 0) is 0 Å². The van der Waals surface area contributed by atoms with Gasteiger partial charge in [0.1, 0.15) is 0 Å². The van der Waals surface area contributed by atoms with Gasteiger partial charge in [-0.05, 0) is 150 Å². The van der Waals surface area contributed by atoms with Crippen LogP contribution in [0.4, 0.5) is 0 Å². The molecular weight excluding hydrogens is 628 g/mol. The Kier molecular flexibility index (Phi) is 7.19. The zero-order valence-corrected chi connectivity index (χ0v) is 30.6. The molecule has 1 aliphatic rings. The number of hydrogen-bond acceptors (Lipinski definition) is 4. The molecule has 256 valence electrons. The third kappa shape index (κ3) is 4.26. The Labute approximate surface area is 289 Å². The van der Waals surface area contributed by atoms with Crippen LogP contribution in [0.5, 0.6) is 0 Å². The van der Waals surface area contributed by atoms with Gasteiger partial charge in [-0.1, -0.05) is 0 Å². The molecule has 0 atom stereocenters. The summed E-state index contributed by atoms with van der Waals surface area (Å²) in [6, 6.07) is 0. The summed E-state index contributed by atoms with van der Waals surface area (Å²) in [5.41, 5.74) is 16.8. The average Bonchev–Trinajstić information content (AvgIpc) is 3.88. The largest absolute Gasteiger partial charge is 0.352 e. The number of nitrogens with one attached hydrogen (secondary N) is 6. The fourth-order valence-electron chi connectivity index (χ4n) is 7.49. The minimum Gasteiger partial charge on any atom is -0.352 e. The van der Waals surface area contributed by atoms with Gasteiger partial charge in [0.25, 0.3) is 23.1 Å². The first kappa shape index (κ1) is 32.9. The number of aromatic nitrogens is 6. The van der Waals surface area contributed by atoms with Crippen LogP contribution < -0.4 is 0 Å². The van der Waals surface area contributed by atoms with E-state index in [0.29, 0.717) is 45.0 Å². The highest BCUT2D eigenvalue weighted by molar-refractivity contribution is 6.49. The highest BCUT2D eigenvalue weighted by Gasteiger charge is 2.33. The van der Waals surface area contributed by atoms with E-state index in [-0.39, 0.29) is 22.8 Å². The molecule has 7 rings (SSSR count). The normalized spacial score (nSPS) is 13.4. The maximum atomic E-state index is 14.0. The molecule has 6 aromatic heterocycles. The number of hydrogen-bond donors (Lipinski definition) is 6. The zero-order valence-electron chi connectivity index (χ0n) is 30.6. The Balaban J connectivity index is 1.52. The number of aromatic amines is 6. The number of carbonyl (C=O) groups excluding carboxylic acids is 4. The van der Waals surface area contributed by atoms with Crippen molar-refractivity contribution in [2.45, 2.75) is 83.1 Å². The van der Waals surface area contributed by atoms with E-state index in [1.807, 2.05) is 83.1 Å². The topological polar surface area (TPSA) is 163 Å². The van der Waals surface area contributed by atoms with E-state index >= 15 is 0 Å². The molecule has 10 heteroatoms. The van der Waals surface area contributed by atoms with Crippen LogP contribution in [-0.4, -0.2) is 53.0 Å². The van der Waals surface area contributed by atoms with Crippen molar-refractivity contribution in [2.75, 3.05) is 0 Å². The van der Waals surface area contributed by atoms with Crippen LogP contribution in [0.15, 0.2) is 0 Å². The molecule has 50 heavy (non-hydrogen) atoms. The summed E-state index contributed by atoms with van der Waals surface area (Å²) in [6.07, 6.45) is 0. The van der Waals surface area contributed by atoms with Crippen LogP contribution in [0.25, 0.3) is 45.6 Å². The molecule has 0 aromatic carbocycles. The van der Waals surface area contributed by atoms with Gasteiger partial charge in [-0.25, -0.2) is 0 Å². The van der Waals surface area contributed by atoms with Gasteiger partial charge in [0.05, 0.1) is 68.3 Å². The van der Waals surface area contributed by atoms with Gasteiger partial charge >= 0.3 is 0 Å². The second-order valence-electron chi connectivity index (χ2n) is 14.1. The molecule has 6 aromatic rings. The lowest BCUT2D eigenvalue weighted by molar-refractivity contribution is 0.0811. The van der Waals surface area contributed by atoms with E-state index < -0.39 is 23.1 Å². The first-order valence-corrected chi connectivity index (χ1v) is 16.8. The molecule has 1 aliphatic heterocycles. The van der Waals surface area contributed by atoms with Crippen molar-refractivity contribution in [3.8, 4) is 45.6 Å². The number of ketones is 4. The number of carbonyl (C=O) groups is 4. The van der Waals surface area contributed by atoms with Crippen LogP contribution in [0.2, 0.25) is 0 Å². The number of Topliss-reactive ketones (excluding diaryl/α,β-unsaturated/α-hetero) is 4.